The SMILES string of the molecule is CNc1ccc(CC(F)(F)F)cc1.Sc1ccccc1Cl. The third-order valence-corrected chi connectivity index (χ3v) is 3.35. The second kappa shape index (κ2) is 8.20. The van der Waals surface area contributed by atoms with Gasteiger partial charge in [-0.05, 0) is 29.8 Å². The summed E-state index contributed by atoms with van der Waals surface area (Å²) >= 11 is 9.70. The quantitative estimate of drug-likeness (QED) is 0.695. The van der Waals surface area contributed by atoms with Crippen LogP contribution in [0.3, 0.4) is 0 Å². The molecule has 0 aliphatic heterocycles. The van der Waals surface area contributed by atoms with Gasteiger partial charge in [-0.3, -0.25) is 0 Å². The van der Waals surface area contributed by atoms with Gasteiger partial charge in [0.25, 0.3) is 0 Å². The molecule has 0 aliphatic rings. The first-order chi connectivity index (χ1) is 9.81. The van der Waals surface area contributed by atoms with Crippen LogP contribution in [0.2, 0.25) is 5.02 Å². The third kappa shape index (κ3) is 7.29. The number of alkyl halides is 3. The van der Waals surface area contributed by atoms with Crippen LogP contribution >= 0.6 is 24.2 Å². The second-order valence-corrected chi connectivity index (χ2v) is 5.08. The van der Waals surface area contributed by atoms with Crippen LogP contribution in [0.25, 0.3) is 0 Å². The van der Waals surface area contributed by atoms with E-state index in [2.05, 4.69) is 17.9 Å². The average molecular weight is 334 g/mol. The lowest BCUT2D eigenvalue weighted by Gasteiger charge is -2.06. The number of hydrogen-bond donors (Lipinski definition) is 2. The summed E-state index contributed by atoms with van der Waals surface area (Å²) in [6.07, 6.45) is -4.99. The van der Waals surface area contributed by atoms with Crippen molar-refractivity contribution in [1.82, 2.24) is 0 Å². The van der Waals surface area contributed by atoms with Crippen molar-refractivity contribution in [1.29, 1.82) is 0 Å². The zero-order valence-corrected chi connectivity index (χ0v) is 12.9. The monoisotopic (exact) mass is 333 g/mol. The minimum atomic E-state index is -4.12. The van der Waals surface area contributed by atoms with Crippen molar-refractivity contribution < 1.29 is 13.2 Å². The first kappa shape index (κ1) is 17.7. The fourth-order valence-electron chi connectivity index (χ4n) is 1.47. The number of benzene rings is 2. The Hall–Kier alpha value is -1.33. The van der Waals surface area contributed by atoms with Crippen molar-refractivity contribution >= 4 is 29.9 Å². The lowest BCUT2D eigenvalue weighted by molar-refractivity contribution is -0.127. The van der Waals surface area contributed by atoms with E-state index in [1.54, 1.807) is 19.2 Å². The maximum atomic E-state index is 11.9. The van der Waals surface area contributed by atoms with Crippen LogP contribution < -0.4 is 5.32 Å². The van der Waals surface area contributed by atoms with Crippen molar-refractivity contribution in [3.8, 4) is 0 Å². The predicted octanol–water partition coefficient (Wildman–Crippen LogP) is 5.46. The summed E-state index contributed by atoms with van der Waals surface area (Å²) < 4.78 is 35.7. The molecule has 1 N–H and O–H groups in total. The summed E-state index contributed by atoms with van der Waals surface area (Å²) in [5.74, 6) is 0. The number of thiol groups is 1. The molecule has 6 heteroatoms. The maximum Gasteiger partial charge on any atom is 0.393 e. The van der Waals surface area contributed by atoms with Crippen LogP contribution in [0.15, 0.2) is 53.4 Å². The maximum absolute atomic E-state index is 11.9. The molecule has 0 radical (unpaired) electrons. The Morgan fingerprint density at radius 3 is 2.00 bits per heavy atom. The van der Waals surface area contributed by atoms with Crippen molar-refractivity contribution in [2.45, 2.75) is 17.5 Å². The number of halogens is 4. The molecule has 21 heavy (non-hydrogen) atoms. The lowest BCUT2D eigenvalue weighted by Crippen LogP contribution is -2.11. The molecule has 2 aromatic carbocycles. The van der Waals surface area contributed by atoms with Crippen LogP contribution in [0.4, 0.5) is 18.9 Å². The van der Waals surface area contributed by atoms with Crippen LogP contribution in [-0.4, -0.2) is 13.2 Å². The molecule has 0 heterocycles. The van der Waals surface area contributed by atoms with Gasteiger partial charge < -0.3 is 5.32 Å². The molecule has 0 unspecified atom stereocenters. The summed E-state index contributed by atoms with van der Waals surface area (Å²) in [5.41, 5.74) is 1.09. The van der Waals surface area contributed by atoms with Gasteiger partial charge in [0.1, 0.15) is 0 Å². The lowest BCUT2D eigenvalue weighted by atomic mass is 10.1. The van der Waals surface area contributed by atoms with E-state index in [-0.39, 0.29) is 5.56 Å². The third-order valence-electron chi connectivity index (χ3n) is 2.50. The highest BCUT2D eigenvalue weighted by atomic mass is 35.5. The highest BCUT2D eigenvalue weighted by Gasteiger charge is 2.27. The zero-order chi connectivity index (χ0) is 15.9. The van der Waals surface area contributed by atoms with E-state index in [1.165, 1.54) is 12.1 Å². The molecule has 0 aliphatic carbocycles. The standard InChI is InChI=1S/C9H10F3N.C6H5ClS/c1-13-8-4-2-7(3-5-8)6-9(10,11)12;7-5-3-1-2-4-6(5)8/h2-5,13H,6H2,1H3;1-4,8H. The van der Waals surface area contributed by atoms with E-state index < -0.39 is 12.6 Å². The normalized spacial score (nSPS) is 10.6. The van der Waals surface area contributed by atoms with Crippen LogP contribution in [-0.2, 0) is 6.42 Å². The van der Waals surface area contributed by atoms with E-state index >= 15 is 0 Å². The van der Waals surface area contributed by atoms with Gasteiger partial charge >= 0.3 is 6.18 Å². The van der Waals surface area contributed by atoms with Crippen LogP contribution in [0.5, 0.6) is 0 Å². The average Bonchev–Trinajstić information content (AvgIpc) is 2.42. The highest BCUT2D eigenvalue weighted by Crippen LogP contribution is 2.22. The Morgan fingerprint density at radius 1 is 1.05 bits per heavy atom. The summed E-state index contributed by atoms with van der Waals surface area (Å²) in [4.78, 5) is 0.828. The largest absolute Gasteiger partial charge is 0.393 e. The smallest absolute Gasteiger partial charge is 0.388 e. The van der Waals surface area contributed by atoms with Gasteiger partial charge in [-0.15, -0.1) is 12.6 Å². The second-order valence-electron chi connectivity index (χ2n) is 4.19. The minimum absolute atomic E-state index is 0.284. The van der Waals surface area contributed by atoms with Gasteiger partial charge in [0, 0.05) is 17.6 Å². The summed E-state index contributed by atoms with van der Waals surface area (Å²) in [6, 6.07) is 13.6. The molecular formula is C15H15ClF3NS. The van der Waals surface area contributed by atoms with Gasteiger partial charge in [-0.2, -0.15) is 13.2 Å². The molecule has 0 atom stereocenters. The number of nitrogens with one attached hydrogen (secondary N) is 1. The van der Waals surface area contributed by atoms with Crippen LogP contribution in [0.1, 0.15) is 5.56 Å². The molecule has 0 spiro atoms. The Balaban J connectivity index is 0.000000235. The van der Waals surface area contributed by atoms with E-state index in [4.69, 9.17) is 11.6 Å². The number of anilines is 1. The molecule has 2 rings (SSSR count). The van der Waals surface area contributed by atoms with Gasteiger partial charge in [0.05, 0.1) is 11.4 Å². The first-order valence-electron chi connectivity index (χ1n) is 6.09. The van der Waals surface area contributed by atoms with E-state index in [0.717, 1.165) is 10.6 Å². The summed E-state index contributed by atoms with van der Waals surface area (Å²) in [7, 11) is 1.72. The molecule has 0 amide bonds. The van der Waals surface area contributed by atoms with Crippen LogP contribution in [0, 0.1) is 0 Å². The molecule has 0 aromatic heterocycles. The predicted molar refractivity (Wildman–Crippen MR) is 84.5 cm³/mol. The molecule has 1 nitrogen and oxygen atoms in total. The fraction of sp³-hybridized carbons (Fsp3) is 0.200. The summed E-state index contributed by atoms with van der Waals surface area (Å²) in [5, 5.41) is 3.54. The van der Waals surface area contributed by atoms with Gasteiger partial charge in [0.15, 0.2) is 0 Å². The first-order valence-corrected chi connectivity index (χ1v) is 6.91. The van der Waals surface area contributed by atoms with Crippen molar-refractivity contribution in [3.63, 3.8) is 0 Å². The Labute approximate surface area is 132 Å². The van der Waals surface area contributed by atoms with E-state index in [1.807, 2.05) is 24.3 Å². The number of rotatable bonds is 2. The zero-order valence-electron chi connectivity index (χ0n) is 11.3. The molecule has 2 aromatic rings. The summed E-state index contributed by atoms with van der Waals surface area (Å²) in [6.45, 7) is 0. The van der Waals surface area contributed by atoms with Gasteiger partial charge in [0.2, 0.25) is 0 Å². The number of hydrogen-bond acceptors (Lipinski definition) is 2. The minimum Gasteiger partial charge on any atom is -0.388 e. The van der Waals surface area contributed by atoms with Crippen molar-refractivity contribution in [2.75, 3.05) is 12.4 Å². The van der Waals surface area contributed by atoms with Gasteiger partial charge in [-0.1, -0.05) is 35.9 Å². The van der Waals surface area contributed by atoms with E-state index in [0.29, 0.717) is 5.02 Å². The topological polar surface area (TPSA) is 12.0 Å². The molecule has 114 valence electrons. The molecule has 0 fully saturated rings. The molecule has 0 bridgehead atoms. The molecule has 0 saturated carbocycles. The van der Waals surface area contributed by atoms with Gasteiger partial charge in [-0.25, -0.2) is 0 Å². The Kier molecular flexibility index (Phi) is 6.92. The Morgan fingerprint density at radius 2 is 1.62 bits per heavy atom. The van der Waals surface area contributed by atoms with Crippen molar-refractivity contribution in [2.24, 2.45) is 0 Å². The fourth-order valence-corrected chi connectivity index (χ4v) is 1.77. The molecular weight excluding hydrogens is 319 g/mol. The molecule has 0 saturated heterocycles. The van der Waals surface area contributed by atoms with E-state index in [9.17, 15) is 13.2 Å². The van der Waals surface area contributed by atoms with Crippen molar-refractivity contribution in [3.05, 3.63) is 59.1 Å². The Bertz CT molecular complexity index is 535. The highest BCUT2D eigenvalue weighted by molar-refractivity contribution is 7.80.